The fraction of sp³-hybridized carbons (Fsp3) is 0.647. The van der Waals surface area contributed by atoms with Crippen LogP contribution in [0.25, 0.3) is 0 Å². The van der Waals surface area contributed by atoms with Crippen molar-refractivity contribution in [2.45, 2.75) is 38.3 Å². The Morgan fingerprint density at radius 2 is 2.05 bits per heavy atom. The zero-order valence-electron chi connectivity index (χ0n) is 13.7. The lowest BCUT2D eigenvalue weighted by Crippen LogP contribution is -2.37. The smallest absolute Gasteiger partial charge is 0.161 e. The van der Waals surface area contributed by atoms with Gasteiger partial charge in [-0.2, -0.15) is 0 Å². The molecule has 1 fully saturated rings. The van der Waals surface area contributed by atoms with Crippen molar-refractivity contribution in [1.29, 1.82) is 0 Å². The number of methoxy groups -OCH3 is 2. The van der Waals surface area contributed by atoms with Crippen molar-refractivity contribution in [3.05, 3.63) is 23.8 Å². The molecule has 4 nitrogen and oxygen atoms in total. The molecular weight excluding hydrogens is 264 g/mol. The highest BCUT2D eigenvalue weighted by molar-refractivity contribution is 5.43. The van der Waals surface area contributed by atoms with Crippen molar-refractivity contribution in [2.75, 3.05) is 34.4 Å². The molecule has 0 amide bonds. The van der Waals surface area contributed by atoms with E-state index in [9.17, 15) is 0 Å². The van der Waals surface area contributed by atoms with Crippen LogP contribution in [-0.2, 0) is 0 Å². The number of rotatable bonds is 7. The van der Waals surface area contributed by atoms with E-state index in [0.29, 0.717) is 12.1 Å². The van der Waals surface area contributed by atoms with Crippen LogP contribution in [0, 0.1) is 0 Å². The predicted octanol–water partition coefficient (Wildman–Crippen LogP) is 2.84. The first kappa shape index (κ1) is 16.1. The zero-order valence-corrected chi connectivity index (χ0v) is 13.7. The Morgan fingerprint density at radius 1 is 1.29 bits per heavy atom. The first-order valence-corrected chi connectivity index (χ1v) is 7.85. The molecule has 0 saturated carbocycles. The highest BCUT2D eigenvalue weighted by Gasteiger charge is 2.22. The number of nitrogens with one attached hydrogen (secondary N) is 1. The summed E-state index contributed by atoms with van der Waals surface area (Å²) in [5, 5.41) is 3.71. The third-order valence-corrected chi connectivity index (χ3v) is 4.49. The number of likely N-dealkylation sites (N-methyl/N-ethyl adjacent to an activating group) is 1. The van der Waals surface area contributed by atoms with E-state index in [2.05, 4.69) is 36.3 Å². The van der Waals surface area contributed by atoms with Gasteiger partial charge in [-0.25, -0.2) is 0 Å². The van der Waals surface area contributed by atoms with Gasteiger partial charge in [0.15, 0.2) is 11.5 Å². The molecule has 4 heteroatoms. The molecule has 0 radical (unpaired) electrons. The summed E-state index contributed by atoms with van der Waals surface area (Å²) in [5.41, 5.74) is 1.26. The molecule has 1 aromatic carbocycles. The summed E-state index contributed by atoms with van der Waals surface area (Å²) >= 11 is 0. The predicted molar refractivity (Wildman–Crippen MR) is 86.2 cm³/mol. The Morgan fingerprint density at radius 3 is 2.62 bits per heavy atom. The summed E-state index contributed by atoms with van der Waals surface area (Å²) in [6, 6.07) is 7.22. The summed E-state index contributed by atoms with van der Waals surface area (Å²) in [4.78, 5) is 2.45. The first-order chi connectivity index (χ1) is 10.2. The van der Waals surface area contributed by atoms with Gasteiger partial charge in [-0.1, -0.05) is 13.0 Å². The Balaban J connectivity index is 2.03. The molecule has 2 unspecified atom stereocenters. The highest BCUT2D eigenvalue weighted by Crippen LogP contribution is 2.31. The maximum absolute atomic E-state index is 5.41. The van der Waals surface area contributed by atoms with Crippen molar-refractivity contribution >= 4 is 0 Å². The molecule has 1 heterocycles. The molecule has 0 spiro atoms. The molecule has 0 aliphatic carbocycles. The number of hydrogen-bond acceptors (Lipinski definition) is 4. The molecule has 1 aliphatic rings. The Bertz CT molecular complexity index is 450. The van der Waals surface area contributed by atoms with E-state index in [-0.39, 0.29) is 0 Å². The fourth-order valence-electron chi connectivity index (χ4n) is 3.08. The molecule has 2 rings (SSSR count). The van der Waals surface area contributed by atoms with E-state index in [4.69, 9.17) is 9.47 Å². The molecule has 1 N–H and O–H groups in total. The van der Waals surface area contributed by atoms with Gasteiger partial charge in [0, 0.05) is 18.6 Å². The zero-order chi connectivity index (χ0) is 15.2. The summed E-state index contributed by atoms with van der Waals surface area (Å²) in [6.07, 6.45) is 3.67. The van der Waals surface area contributed by atoms with Gasteiger partial charge < -0.3 is 19.7 Å². The SMILES string of the molecule is CCC(NCC1CCCN1C)c1ccc(OC)c(OC)c1. The summed E-state index contributed by atoms with van der Waals surface area (Å²) in [6.45, 7) is 4.48. The van der Waals surface area contributed by atoms with Crippen LogP contribution in [0.2, 0.25) is 0 Å². The van der Waals surface area contributed by atoms with Crippen LogP contribution in [0.5, 0.6) is 11.5 Å². The van der Waals surface area contributed by atoms with Crippen molar-refractivity contribution in [1.82, 2.24) is 10.2 Å². The lowest BCUT2D eigenvalue weighted by atomic mass is 10.0. The van der Waals surface area contributed by atoms with Gasteiger partial charge in [0.1, 0.15) is 0 Å². The van der Waals surface area contributed by atoms with Gasteiger partial charge in [0.25, 0.3) is 0 Å². The standard InChI is InChI=1S/C17H28N2O2/c1-5-15(18-12-14-7-6-10-19(14)2)13-8-9-16(20-3)17(11-13)21-4/h8-9,11,14-15,18H,5-7,10,12H2,1-4H3. The molecule has 1 saturated heterocycles. The average Bonchev–Trinajstić information content (AvgIpc) is 2.93. The van der Waals surface area contributed by atoms with Crippen molar-refractivity contribution in [3.63, 3.8) is 0 Å². The monoisotopic (exact) mass is 292 g/mol. The van der Waals surface area contributed by atoms with E-state index in [1.807, 2.05) is 6.07 Å². The Labute approximate surface area is 128 Å². The highest BCUT2D eigenvalue weighted by atomic mass is 16.5. The molecule has 0 aromatic heterocycles. The van der Waals surface area contributed by atoms with Crippen LogP contribution in [-0.4, -0.2) is 45.3 Å². The van der Waals surface area contributed by atoms with Gasteiger partial charge in [-0.3, -0.25) is 0 Å². The lowest BCUT2D eigenvalue weighted by molar-refractivity contribution is 0.290. The summed E-state index contributed by atoms with van der Waals surface area (Å²) < 4.78 is 10.7. The van der Waals surface area contributed by atoms with E-state index in [0.717, 1.165) is 24.5 Å². The van der Waals surface area contributed by atoms with Crippen LogP contribution in [0.4, 0.5) is 0 Å². The van der Waals surface area contributed by atoms with Gasteiger partial charge in [0.2, 0.25) is 0 Å². The Hall–Kier alpha value is -1.26. The quantitative estimate of drug-likeness (QED) is 0.838. The van der Waals surface area contributed by atoms with Crippen molar-refractivity contribution in [3.8, 4) is 11.5 Å². The van der Waals surface area contributed by atoms with E-state index in [1.165, 1.54) is 24.9 Å². The maximum atomic E-state index is 5.41. The van der Waals surface area contributed by atoms with E-state index in [1.54, 1.807) is 14.2 Å². The number of benzene rings is 1. The molecule has 118 valence electrons. The fourth-order valence-corrected chi connectivity index (χ4v) is 3.08. The van der Waals surface area contributed by atoms with Crippen LogP contribution in [0.3, 0.4) is 0 Å². The molecular formula is C17H28N2O2. The largest absolute Gasteiger partial charge is 0.493 e. The summed E-state index contributed by atoms with van der Waals surface area (Å²) in [7, 11) is 5.57. The van der Waals surface area contributed by atoms with E-state index >= 15 is 0 Å². The van der Waals surface area contributed by atoms with Gasteiger partial charge >= 0.3 is 0 Å². The summed E-state index contributed by atoms with van der Waals surface area (Å²) in [5.74, 6) is 1.58. The number of likely N-dealkylation sites (tertiary alicyclic amines) is 1. The van der Waals surface area contributed by atoms with Crippen LogP contribution >= 0.6 is 0 Å². The number of hydrogen-bond donors (Lipinski definition) is 1. The van der Waals surface area contributed by atoms with Gasteiger partial charge in [-0.05, 0) is 50.6 Å². The van der Waals surface area contributed by atoms with Gasteiger partial charge in [0.05, 0.1) is 14.2 Å². The minimum Gasteiger partial charge on any atom is -0.493 e. The molecule has 1 aliphatic heterocycles. The second-order valence-corrected chi connectivity index (χ2v) is 5.76. The van der Waals surface area contributed by atoms with Crippen LogP contribution in [0.1, 0.15) is 37.8 Å². The second-order valence-electron chi connectivity index (χ2n) is 5.76. The third-order valence-electron chi connectivity index (χ3n) is 4.49. The normalized spacial score (nSPS) is 20.5. The van der Waals surface area contributed by atoms with Crippen LogP contribution in [0.15, 0.2) is 18.2 Å². The molecule has 21 heavy (non-hydrogen) atoms. The first-order valence-electron chi connectivity index (χ1n) is 7.85. The number of nitrogens with zero attached hydrogens (tertiary/aromatic N) is 1. The van der Waals surface area contributed by atoms with E-state index < -0.39 is 0 Å². The minimum absolute atomic E-state index is 0.360. The third kappa shape index (κ3) is 3.89. The maximum Gasteiger partial charge on any atom is 0.161 e. The Kier molecular flexibility index (Phi) is 5.88. The van der Waals surface area contributed by atoms with Crippen molar-refractivity contribution in [2.24, 2.45) is 0 Å². The minimum atomic E-state index is 0.360. The molecule has 0 bridgehead atoms. The van der Waals surface area contributed by atoms with Crippen molar-refractivity contribution < 1.29 is 9.47 Å². The second kappa shape index (κ2) is 7.66. The lowest BCUT2D eigenvalue weighted by Gasteiger charge is -2.24. The number of ether oxygens (including phenoxy) is 2. The van der Waals surface area contributed by atoms with Crippen LogP contribution < -0.4 is 14.8 Å². The molecule has 2 atom stereocenters. The average molecular weight is 292 g/mol. The molecule has 1 aromatic rings. The topological polar surface area (TPSA) is 33.7 Å². The van der Waals surface area contributed by atoms with Gasteiger partial charge in [-0.15, -0.1) is 0 Å².